The number of benzene rings is 2. The summed E-state index contributed by atoms with van der Waals surface area (Å²) >= 11 is 12.0. The van der Waals surface area contributed by atoms with Gasteiger partial charge in [0.2, 0.25) is 0 Å². The minimum atomic E-state index is -1.29. The SMILES string of the molecule is Cc1ccc(Cl)c(NC(=O)COC(=O)c2c(F)cccc2F)c1Cl. The molecule has 0 aliphatic rings. The van der Waals surface area contributed by atoms with Crippen LogP contribution in [-0.2, 0) is 9.53 Å². The highest BCUT2D eigenvalue weighted by atomic mass is 35.5. The third-order valence-electron chi connectivity index (χ3n) is 3.05. The molecule has 1 amide bonds. The molecule has 0 aliphatic carbocycles. The van der Waals surface area contributed by atoms with E-state index in [1.54, 1.807) is 19.1 Å². The fourth-order valence-electron chi connectivity index (χ4n) is 1.84. The van der Waals surface area contributed by atoms with Crippen molar-refractivity contribution in [2.45, 2.75) is 6.92 Å². The Morgan fingerprint density at radius 1 is 1.12 bits per heavy atom. The lowest BCUT2D eigenvalue weighted by molar-refractivity contribution is -0.119. The quantitative estimate of drug-likeness (QED) is 0.809. The minimum absolute atomic E-state index is 0.163. The van der Waals surface area contributed by atoms with Crippen molar-refractivity contribution in [3.63, 3.8) is 0 Å². The predicted octanol–water partition coefficient (Wildman–Crippen LogP) is 4.38. The lowest BCUT2D eigenvalue weighted by Crippen LogP contribution is -2.22. The summed E-state index contributed by atoms with van der Waals surface area (Å²) in [6, 6.07) is 6.13. The number of ether oxygens (including phenoxy) is 1. The Hall–Kier alpha value is -2.18. The number of carbonyl (C=O) groups is 2. The van der Waals surface area contributed by atoms with Gasteiger partial charge >= 0.3 is 5.97 Å². The van der Waals surface area contributed by atoms with Crippen LogP contribution < -0.4 is 5.32 Å². The number of anilines is 1. The van der Waals surface area contributed by atoms with Gasteiger partial charge in [0.15, 0.2) is 6.61 Å². The molecule has 1 N–H and O–H groups in total. The Bertz CT molecular complexity index is 792. The second-order valence-electron chi connectivity index (χ2n) is 4.77. The van der Waals surface area contributed by atoms with Gasteiger partial charge in [-0.2, -0.15) is 0 Å². The van der Waals surface area contributed by atoms with Crippen molar-refractivity contribution in [3.05, 3.63) is 63.1 Å². The summed E-state index contributed by atoms with van der Waals surface area (Å²) in [5.41, 5.74) is -0.0184. The predicted molar refractivity (Wildman–Crippen MR) is 86.5 cm³/mol. The van der Waals surface area contributed by atoms with E-state index in [0.717, 1.165) is 18.2 Å². The average molecular weight is 374 g/mol. The molecule has 24 heavy (non-hydrogen) atoms. The van der Waals surface area contributed by atoms with E-state index in [-0.39, 0.29) is 15.7 Å². The number of esters is 1. The van der Waals surface area contributed by atoms with Gasteiger partial charge in [0.25, 0.3) is 5.91 Å². The van der Waals surface area contributed by atoms with E-state index < -0.39 is 35.7 Å². The van der Waals surface area contributed by atoms with Gasteiger partial charge in [0.05, 0.1) is 15.7 Å². The molecule has 0 heterocycles. The van der Waals surface area contributed by atoms with Crippen LogP contribution in [0, 0.1) is 18.6 Å². The molecular formula is C16H11Cl2F2NO3. The Kier molecular flexibility index (Phi) is 5.75. The number of halogens is 4. The van der Waals surface area contributed by atoms with Crippen LogP contribution in [0.3, 0.4) is 0 Å². The van der Waals surface area contributed by atoms with E-state index in [1.807, 2.05) is 0 Å². The first kappa shape index (κ1) is 18.2. The van der Waals surface area contributed by atoms with Gasteiger partial charge in [-0.25, -0.2) is 13.6 Å². The maximum absolute atomic E-state index is 13.4. The fraction of sp³-hybridized carbons (Fsp3) is 0.125. The van der Waals surface area contributed by atoms with Crippen molar-refractivity contribution in [3.8, 4) is 0 Å². The van der Waals surface area contributed by atoms with Crippen LogP contribution in [-0.4, -0.2) is 18.5 Å². The summed E-state index contributed by atoms with van der Waals surface area (Å²) in [7, 11) is 0. The van der Waals surface area contributed by atoms with Crippen LogP contribution in [0.15, 0.2) is 30.3 Å². The van der Waals surface area contributed by atoms with Crippen LogP contribution in [0.25, 0.3) is 0 Å². The number of aryl methyl sites for hydroxylation is 1. The maximum Gasteiger partial charge on any atom is 0.344 e. The number of rotatable bonds is 4. The number of carbonyl (C=O) groups excluding carboxylic acids is 2. The number of amides is 1. The molecule has 126 valence electrons. The monoisotopic (exact) mass is 373 g/mol. The molecule has 2 aromatic rings. The van der Waals surface area contributed by atoms with Crippen LogP contribution >= 0.6 is 23.2 Å². The second-order valence-corrected chi connectivity index (χ2v) is 5.56. The van der Waals surface area contributed by atoms with Gasteiger partial charge in [0.1, 0.15) is 17.2 Å². The highest BCUT2D eigenvalue weighted by molar-refractivity contribution is 6.40. The molecule has 0 unspecified atom stereocenters. The highest BCUT2D eigenvalue weighted by Gasteiger charge is 2.20. The molecule has 0 saturated heterocycles. The summed E-state index contributed by atoms with van der Waals surface area (Å²) in [6.45, 7) is 0.961. The summed E-state index contributed by atoms with van der Waals surface area (Å²) in [5.74, 6) is -4.20. The van der Waals surface area contributed by atoms with Crippen molar-refractivity contribution >= 4 is 40.8 Å². The first-order valence-corrected chi connectivity index (χ1v) is 7.42. The average Bonchev–Trinajstić information content (AvgIpc) is 2.53. The fourth-order valence-corrected chi connectivity index (χ4v) is 2.31. The molecule has 4 nitrogen and oxygen atoms in total. The second kappa shape index (κ2) is 7.59. The minimum Gasteiger partial charge on any atom is -0.452 e. The molecule has 0 spiro atoms. The van der Waals surface area contributed by atoms with Gasteiger partial charge in [-0.05, 0) is 30.7 Å². The Morgan fingerprint density at radius 2 is 1.75 bits per heavy atom. The molecule has 0 saturated carbocycles. The van der Waals surface area contributed by atoms with E-state index >= 15 is 0 Å². The number of hydrogen-bond donors (Lipinski definition) is 1. The molecule has 0 aliphatic heterocycles. The molecular weight excluding hydrogens is 363 g/mol. The molecule has 0 radical (unpaired) electrons. The van der Waals surface area contributed by atoms with Crippen LogP contribution in [0.1, 0.15) is 15.9 Å². The standard InChI is InChI=1S/C16H11Cl2F2NO3/c1-8-5-6-9(17)15(14(8)18)21-12(22)7-24-16(23)13-10(19)3-2-4-11(13)20/h2-6H,7H2,1H3,(H,21,22). The van der Waals surface area contributed by atoms with Crippen molar-refractivity contribution in [1.29, 1.82) is 0 Å². The zero-order valence-corrected chi connectivity index (χ0v) is 13.8. The summed E-state index contributed by atoms with van der Waals surface area (Å²) < 4.78 is 31.5. The molecule has 0 atom stereocenters. The van der Waals surface area contributed by atoms with Crippen molar-refractivity contribution in [1.82, 2.24) is 0 Å². The van der Waals surface area contributed by atoms with Crippen molar-refractivity contribution in [2.24, 2.45) is 0 Å². The van der Waals surface area contributed by atoms with Gasteiger partial charge in [-0.3, -0.25) is 4.79 Å². The first-order valence-electron chi connectivity index (χ1n) is 6.67. The van der Waals surface area contributed by atoms with Crippen molar-refractivity contribution in [2.75, 3.05) is 11.9 Å². The number of hydrogen-bond acceptors (Lipinski definition) is 3. The molecule has 0 bridgehead atoms. The van der Waals surface area contributed by atoms with Crippen LogP contribution in [0.4, 0.5) is 14.5 Å². The molecule has 8 heteroatoms. The normalized spacial score (nSPS) is 10.4. The molecule has 0 aromatic heterocycles. The zero-order chi connectivity index (χ0) is 17.9. The van der Waals surface area contributed by atoms with E-state index in [4.69, 9.17) is 23.2 Å². The van der Waals surface area contributed by atoms with E-state index in [1.165, 1.54) is 0 Å². The Morgan fingerprint density at radius 3 is 2.38 bits per heavy atom. The summed E-state index contributed by atoms with van der Waals surface area (Å²) in [6.07, 6.45) is 0. The van der Waals surface area contributed by atoms with Gasteiger partial charge in [-0.1, -0.05) is 35.3 Å². The maximum atomic E-state index is 13.4. The number of nitrogens with one attached hydrogen (secondary N) is 1. The van der Waals surface area contributed by atoms with E-state index in [0.29, 0.717) is 5.56 Å². The lowest BCUT2D eigenvalue weighted by atomic mass is 10.2. The van der Waals surface area contributed by atoms with Gasteiger partial charge in [0, 0.05) is 0 Å². The molecule has 0 fully saturated rings. The van der Waals surface area contributed by atoms with Crippen LogP contribution in [0.5, 0.6) is 0 Å². The van der Waals surface area contributed by atoms with E-state index in [9.17, 15) is 18.4 Å². The summed E-state index contributed by atoms with van der Waals surface area (Å²) in [5, 5.41) is 2.83. The highest BCUT2D eigenvalue weighted by Crippen LogP contribution is 2.32. The van der Waals surface area contributed by atoms with Gasteiger partial charge < -0.3 is 10.1 Å². The third kappa shape index (κ3) is 4.01. The van der Waals surface area contributed by atoms with E-state index in [2.05, 4.69) is 10.1 Å². The molecule has 2 rings (SSSR count). The largest absolute Gasteiger partial charge is 0.452 e. The molecule has 2 aromatic carbocycles. The Balaban J connectivity index is 2.04. The van der Waals surface area contributed by atoms with Crippen LogP contribution in [0.2, 0.25) is 10.0 Å². The smallest absolute Gasteiger partial charge is 0.344 e. The topological polar surface area (TPSA) is 55.4 Å². The van der Waals surface area contributed by atoms with Crippen molar-refractivity contribution < 1.29 is 23.1 Å². The third-order valence-corrected chi connectivity index (χ3v) is 3.85. The van der Waals surface area contributed by atoms with Gasteiger partial charge in [-0.15, -0.1) is 0 Å². The lowest BCUT2D eigenvalue weighted by Gasteiger charge is -2.11. The zero-order valence-electron chi connectivity index (χ0n) is 12.3. The Labute approximate surface area is 146 Å². The first-order chi connectivity index (χ1) is 11.3. The summed E-state index contributed by atoms with van der Waals surface area (Å²) in [4.78, 5) is 23.5.